The number of amides is 2. The molecule has 1 heterocycles. The molecule has 1 rings (SSSR count). The standard InChI is InChI=1S/C6H5N5O3/c7-5(13)10-11-2-1-4(8-3-12)9-6(11)14/h1-2H,(H3,7,10,13). The lowest BCUT2D eigenvalue weighted by Crippen LogP contribution is -2.36. The van der Waals surface area contributed by atoms with Crippen LogP contribution in [-0.4, -0.2) is 21.8 Å². The molecule has 0 saturated heterocycles. The summed E-state index contributed by atoms with van der Waals surface area (Å²) < 4.78 is 0.756. The van der Waals surface area contributed by atoms with Gasteiger partial charge in [-0.3, -0.25) is 0 Å². The molecule has 0 saturated carbocycles. The van der Waals surface area contributed by atoms with Crippen LogP contribution in [0.2, 0.25) is 0 Å². The Kier molecular flexibility index (Phi) is 2.72. The van der Waals surface area contributed by atoms with E-state index >= 15 is 0 Å². The van der Waals surface area contributed by atoms with Gasteiger partial charge in [0.05, 0.1) is 0 Å². The first kappa shape index (κ1) is 9.62. The van der Waals surface area contributed by atoms with Crippen LogP contribution in [0, 0.1) is 0 Å². The van der Waals surface area contributed by atoms with Crippen LogP contribution in [0.15, 0.2) is 22.1 Å². The molecular formula is C6H5N5O3. The zero-order valence-corrected chi connectivity index (χ0v) is 6.80. The molecule has 0 fully saturated rings. The van der Waals surface area contributed by atoms with Crippen LogP contribution in [0.1, 0.15) is 0 Å². The number of carbonyl (C=O) groups excluding carboxylic acids is 2. The predicted molar refractivity (Wildman–Crippen MR) is 45.2 cm³/mol. The number of nitrogens with one attached hydrogen (secondary N) is 1. The van der Waals surface area contributed by atoms with Crippen molar-refractivity contribution in [3.63, 3.8) is 0 Å². The number of rotatable bonds is 2. The fraction of sp³-hybridized carbons (Fsp3) is 0. The molecule has 0 aliphatic carbocycles. The maximum absolute atomic E-state index is 11.0. The molecule has 0 unspecified atom stereocenters. The Morgan fingerprint density at radius 3 is 2.93 bits per heavy atom. The molecule has 72 valence electrons. The molecule has 0 spiro atoms. The molecule has 1 aromatic heterocycles. The van der Waals surface area contributed by atoms with Crippen molar-refractivity contribution in [2.75, 3.05) is 5.43 Å². The number of primary amides is 1. The molecule has 14 heavy (non-hydrogen) atoms. The Labute approximate surface area is 77.1 Å². The summed E-state index contributed by atoms with van der Waals surface area (Å²) in [7, 11) is 0. The monoisotopic (exact) mass is 195 g/mol. The van der Waals surface area contributed by atoms with Crippen molar-refractivity contribution in [1.82, 2.24) is 9.66 Å². The predicted octanol–water partition coefficient (Wildman–Crippen LogP) is -1.17. The van der Waals surface area contributed by atoms with Crippen LogP contribution in [0.25, 0.3) is 0 Å². The molecule has 0 aromatic carbocycles. The molecule has 0 atom stereocenters. The molecule has 3 N–H and O–H groups in total. The molecule has 0 aliphatic rings. The SMILES string of the molecule is NC(=O)Nn1ccc(N=C=O)nc1=O. The summed E-state index contributed by atoms with van der Waals surface area (Å²) in [5, 5.41) is 0. The Balaban J connectivity index is 3.07. The highest BCUT2D eigenvalue weighted by Crippen LogP contribution is 1.99. The Hall–Kier alpha value is -2.47. The third kappa shape index (κ3) is 2.26. The number of nitrogens with two attached hydrogens (primary N) is 1. The first-order valence-corrected chi connectivity index (χ1v) is 3.37. The van der Waals surface area contributed by atoms with Crippen LogP contribution in [0.4, 0.5) is 10.6 Å². The number of carbonyl (C=O) groups is 1. The van der Waals surface area contributed by atoms with Crippen molar-refractivity contribution >= 4 is 17.9 Å². The summed E-state index contributed by atoms with van der Waals surface area (Å²) in [6.07, 6.45) is 2.39. The summed E-state index contributed by atoms with van der Waals surface area (Å²) in [6.45, 7) is 0. The van der Waals surface area contributed by atoms with Crippen molar-refractivity contribution in [2.45, 2.75) is 0 Å². The van der Waals surface area contributed by atoms with Crippen LogP contribution in [-0.2, 0) is 4.79 Å². The van der Waals surface area contributed by atoms with E-state index in [2.05, 4.69) is 9.98 Å². The van der Waals surface area contributed by atoms with E-state index < -0.39 is 11.7 Å². The second kappa shape index (κ2) is 3.97. The number of aliphatic imine (C=N–C) groups is 1. The van der Waals surface area contributed by atoms with Crippen LogP contribution < -0.4 is 16.8 Å². The van der Waals surface area contributed by atoms with Crippen molar-refractivity contribution in [2.24, 2.45) is 10.7 Å². The molecular weight excluding hydrogens is 190 g/mol. The normalized spacial score (nSPS) is 8.86. The Bertz CT molecular complexity index is 459. The molecule has 0 radical (unpaired) electrons. The van der Waals surface area contributed by atoms with Gasteiger partial charge in [0.1, 0.15) is 0 Å². The Morgan fingerprint density at radius 2 is 2.43 bits per heavy atom. The van der Waals surface area contributed by atoms with Crippen molar-refractivity contribution in [3.8, 4) is 0 Å². The van der Waals surface area contributed by atoms with Gasteiger partial charge in [-0.2, -0.15) is 4.98 Å². The van der Waals surface area contributed by atoms with Gasteiger partial charge in [-0.05, 0) is 0 Å². The van der Waals surface area contributed by atoms with E-state index in [0.717, 1.165) is 10.9 Å². The van der Waals surface area contributed by atoms with Crippen molar-refractivity contribution in [3.05, 3.63) is 22.7 Å². The maximum Gasteiger partial charge on any atom is 0.368 e. The largest absolute Gasteiger partial charge is 0.368 e. The zero-order chi connectivity index (χ0) is 10.6. The summed E-state index contributed by atoms with van der Waals surface area (Å²) >= 11 is 0. The highest BCUT2D eigenvalue weighted by molar-refractivity contribution is 5.79. The smallest absolute Gasteiger partial charge is 0.350 e. The minimum absolute atomic E-state index is 0.0903. The summed E-state index contributed by atoms with van der Waals surface area (Å²) in [6, 6.07) is 0.336. The third-order valence-electron chi connectivity index (χ3n) is 1.18. The summed E-state index contributed by atoms with van der Waals surface area (Å²) in [5.74, 6) is -0.0903. The molecule has 0 bridgehead atoms. The number of hydrogen-bond acceptors (Lipinski definition) is 5. The van der Waals surface area contributed by atoms with Crippen molar-refractivity contribution in [1.29, 1.82) is 0 Å². The summed E-state index contributed by atoms with van der Waals surface area (Å²) in [4.78, 5) is 37.7. The second-order valence-corrected chi connectivity index (χ2v) is 2.12. The Morgan fingerprint density at radius 1 is 1.71 bits per heavy atom. The van der Waals surface area contributed by atoms with E-state index in [-0.39, 0.29) is 5.82 Å². The molecule has 8 heteroatoms. The van der Waals surface area contributed by atoms with E-state index in [4.69, 9.17) is 5.73 Å². The average molecular weight is 195 g/mol. The lowest BCUT2D eigenvalue weighted by atomic mass is 10.6. The fourth-order valence-corrected chi connectivity index (χ4v) is 0.707. The lowest BCUT2D eigenvalue weighted by molar-refractivity contribution is 0.256. The van der Waals surface area contributed by atoms with Crippen molar-refractivity contribution < 1.29 is 9.59 Å². The first-order valence-electron chi connectivity index (χ1n) is 3.37. The topological polar surface area (TPSA) is 119 Å². The first-order chi connectivity index (χ1) is 6.63. The highest BCUT2D eigenvalue weighted by Gasteiger charge is 1.99. The van der Waals surface area contributed by atoms with Crippen LogP contribution in [0.5, 0.6) is 0 Å². The second-order valence-electron chi connectivity index (χ2n) is 2.12. The van der Waals surface area contributed by atoms with Gasteiger partial charge < -0.3 is 5.73 Å². The summed E-state index contributed by atoms with van der Waals surface area (Å²) in [5.41, 5.74) is 5.94. The van der Waals surface area contributed by atoms with Crippen LogP contribution >= 0.6 is 0 Å². The van der Waals surface area contributed by atoms with E-state index in [1.165, 1.54) is 12.1 Å². The third-order valence-corrected chi connectivity index (χ3v) is 1.18. The lowest BCUT2D eigenvalue weighted by Gasteiger charge is -2.02. The van der Waals surface area contributed by atoms with Gasteiger partial charge in [0.25, 0.3) is 0 Å². The minimum atomic E-state index is -0.902. The van der Waals surface area contributed by atoms with Gasteiger partial charge in [0.15, 0.2) is 5.82 Å². The number of hydrogen-bond donors (Lipinski definition) is 2. The molecule has 8 nitrogen and oxygen atoms in total. The van der Waals surface area contributed by atoms with Gasteiger partial charge in [-0.1, -0.05) is 0 Å². The molecule has 2 amide bonds. The molecule has 0 aliphatic heterocycles. The highest BCUT2D eigenvalue weighted by atomic mass is 16.2. The zero-order valence-electron chi connectivity index (χ0n) is 6.80. The van der Waals surface area contributed by atoms with Gasteiger partial charge in [-0.25, -0.2) is 24.5 Å². The van der Waals surface area contributed by atoms with Crippen LogP contribution in [0.3, 0.4) is 0 Å². The number of aromatic nitrogens is 2. The van der Waals surface area contributed by atoms with E-state index in [9.17, 15) is 14.4 Å². The van der Waals surface area contributed by atoms with E-state index in [1.54, 1.807) is 0 Å². The number of isocyanates is 1. The van der Waals surface area contributed by atoms with Gasteiger partial charge in [0.2, 0.25) is 6.08 Å². The fourth-order valence-electron chi connectivity index (χ4n) is 0.707. The van der Waals surface area contributed by atoms with E-state index in [1.807, 2.05) is 5.43 Å². The maximum atomic E-state index is 11.0. The quantitative estimate of drug-likeness (QED) is 0.456. The number of urea groups is 1. The average Bonchev–Trinajstić information content (AvgIpc) is 2.10. The van der Waals surface area contributed by atoms with E-state index in [0.29, 0.717) is 0 Å². The minimum Gasteiger partial charge on any atom is -0.350 e. The molecule has 1 aromatic rings. The van der Waals surface area contributed by atoms with Gasteiger partial charge >= 0.3 is 11.7 Å². The van der Waals surface area contributed by atoms with Gasteiger partial charge in [-0.15, -0.1) is 4.99 Å². The number of nitrogens with zero attached hydrogens (tertiary/aromatic N) is 3. The van der Waals surface area contributed by atoms with Gasteiger partial charge in [0, 0.05) is 12.3 Å².